The van der Waals surface area contributed by atoms with Gasteiger partial charge in [0.1, 0.15) is 0 Å². The van der Waals surface area contributed by atoms with E-state index in [1.807, 2.05) is 50.5 Å². The molecular weight excluding hydrogens is 302 g/mol. The molecular formula is C19H23N3O2. The van der Waals surface area contributed by atoms with E-state index in [1.165, 1.54) is 0 Å². The Balaban J connectivity index is 1.75. The first-order valence-electron chi connectivity index (χ1n) is 8.21. The van der Waals surface area contributed by atoms with Crippen LogP contribution in [0.1, 0.15) is 22.3 Å². The number of aromatic nitrogens is 1. The molecule has 0 unspecified atom stereocenters. The number of carbonyl (C=O) groups excluding carboxylic acids is 1. The number of likely N-dealkylation sites (N-methyl/N-ethyl adjacent to an activating group) is 1. The molecule has 1 aliphatic rings. The van der Waals surface area contributed by atoms with Crippen molar-refractivity contribution in [2.75, 3.05) is 20.2 Å². The quantitative estimate of drug-likeness (QED) is 0.900. The van der Waals surface area contributed by atoms with Crippen molar-refractivity contribution in [2.45, 2.75) is 25.4 Å². The lowest BCUT2D eigenvalue weighted by molar-refractivity contribution is 0.0938. The Kier molecular flexibility index (Phi) is 4.92. The maximum atomic E-state index is 12.6. The van der Waals surface area contributed by atoms with Crippen LogP contribution in [-0.2, 0) is 0 Å². The molecule has 1 aromatic carbocycles. The van der Waals surface area contributed by atoms with E-state index in [1.54, 1.807) is 6.20 Å². The van der Waals surface area contributed by atoms with Crippen LogP contribution in [0.4, 0.5) is 0 Å². The van der Waals surface area contributed by atoms with Crippen molar-refractivity contribution in [1.82, 2.24) is 15.2 Å². The molecule has 0 saturated carbocycles. The molecule has 2 heterocycles. The average Bonchev–Trinajstić information content (AvgIpc) is 2.95. The summed E-state index contributed by atoms with van der Waals surface area (Å²) in [4.78, 5) is 18.8. The van der Waals surface area contributed by atoms with Crippen LogP contribution >= 0.6 is 0 Å². The van der Waals surface area contributed by atoms with Gasteiger partial charge in [-0.05, 0) is 55.3 Å². The summed E-state index contributed by atoms with van der Waals surface area (Å²) in [6.07, 6.45) is 4.37. The Morgan fingerprint density at radius 1 is 1.42 bits per heavy atom. The summed E-state index contributed by atoms with van der Waals surface area (Å²) >= 11 is 0. The van der Waals surface area contributed by atoms with Crippen LogP contribution < -0.4 is 5.32 Å². The average molecular weight is 325 g/mol. The van der Waals surface area contributed by atoms with E-state index in [9.17, 15) is 9.90 Å². The van der Waals surface area contributed by atoms with Gasteiger partial charge in [-0.2, -0.15) is 0 Å². The van der Waals surface area contributed by atoms with E-state index in [0.717, 1.165) is 29.7 Å². The van der Waals surface area contributed by atoms with Crippen LogP contribution in [0.3, 0.4) is 0 Å². The summed E-state index contributed by atoms with van der Waals surface area (Å²) in [5, 5.41) is 12.4. The number of rotatable bonds is 4. The molecule has 1 fully saturated rings. The molecule has 2 N–H and O–H groups in total. The summed E-state index contributed by atoms with van der Waals surface area (Å²) in [5.41, 5.74) is 3.83. The van der Waals surface area contributed by atoms with Crippen LogP contribution in [0.25, 0.3) is 11.1 Å². The molecule has 1 aromatic heterocycles. The predicted octanol–water partition coefficient (Wildman–Crippen LogP) is 1.85. The second kappa shape index (κ2) is 7.11. The Hall–Kier alpha value is -2.24. The van der Waals surface area contributed by atoms with E-state index in [0.29, 0.717) is 5.56 Å². The summed E-state index contributed by atoms with van der Waals surface area (Å²) < 4.78 is 0. The number of aliphatic hydroxyl groups excluding tert-OH is 1. The summed E-state index contributed by atoms with van der Waals surface area (Å²) in [6.45, 7) is 2.90. The number of nitrogens with one attached hydrogen (secondary N) is 1. The van der Waals surface area contributed by atoms with Crippen molar-refractivity contribution in [1.29, 1.82) is 0 Å². The Morgan fingerprint density at radius 2 is 2.25 bits per heavy atom. The third kappa shape index (κ3) is 3.47. The van der Waals surface area contributed by atoms with Gasteiger partial charge in [0.15, 0.2) is 0 Å². The first-order valence-corrected chi connectivity index (χ1v) is 8.21. The van der Waals surface area contributed by atoms with Crippen LogP contribution in [-0.4, -0.2) is 53.2 Å². The van der Waals surface area contributed by atoms with Gasteiger partial charge >= 0.3 is 0 Å². The summed E-state index contributed by atoms with van der Waals surface area (Å²) in [7, 11) is 1.97. The van der Waals surface area contributed by atoms with Gasteiger partial charge in [-0.15, -0.1) is 0 Å². The van der Waals surface area contributed by atoms with Gasteiger partial charge in [-0.25, -0.2) is 0 Å². The van der Waals surface area contributed by atoms with Crippen LogP contribution in [0.2, 0.25) is 0 Å². The fourth-order valence-corrected chi connectivity index (χ4v) is 3.29. The van der Waals surface area contributed by atoms with Crippen molar-refractivity contribution in [3.05, 3.63) is 53.9 Å². The van der Waals surface area contributed by atoms with Gasteiger partial charge in [-0.1, -0.05) is 12.1 Å². The normalized spacial score (nSPS) is 21.0. The van der Waals surface area contributed by atoms with Crippen LogP contribution in [0, 0.1) is 6.92 Å². The molecule has 2 atom stereocenters. The lowest BCUT2D eigenvalue weighted by Crippen LogP contribution is -2.36. The largest absolute Gasteiger partial charge is 0.395 e. The lowest BCUT2D eigenvalue weighted by Gasteiger charge is -2.15. The third-order valence-corrected chi connectivity index (χ3v) is 4.69. The van der Waals surface area contributed by atoms with Gasteiger partial charge in [0.2, 0.25) is 0 Å². The van der Waals surface area contributed by atoms with Gasteiger partial charge in [0, 0.05) is 36.6 Å². The monoisotopic (exact) mass is 325 g/mol. The number of nitrogens with zero attached hydrogens (tertiary/aromatic N) is 2. The topological polar surface area (TPSA) is 65.5 Å². The van der Waals surface area contributed by atoms with Crippen molar-refractivity contribution in [2.24, 2.45) is 0 Å². The second-order valence-electron chi connectivity index (χ2n) is 6.45. The van der Waals surface area contributed by atoms with E-state index in [2.05, 4.69) is 15.2 Å². The highest BCUT2D eigenvalue weighted by atomic mass is 16.3. The third-order valence-electron chi connectivity index (χ3n) is 4.69. The zero-order chi connectivity index (χ0) is 17.1. The fourth-order valence-electron chi connectivity index (χ4n) is 3.29. The Labute approximate surface area is 142 Å². The maximum Gasteiger partial charge on any atom is 0.251 e. The van der Waals surface area contributed by atoms with Gasteiger partial charge in [0.05, 0.1) is 6.61 Å². The minimum Gasteiger partial charge on any atom is -0.395 e. The maximum absolute atomic E-state index is 12.6. The molecule has 126 valence electrons. The van der Waals surface area contributed by atoms with Crippen molar-refractivity contribution in [3.8, 4) is 11.1 Å². The number of benzene rings is 1. The first-order chi connectivity index (χ1) is 11.6. The van der Waals surface area contributed by atoms with E-state index in [4.69, 9.17) is 0 Å². The highest BCUT2D eigenvalue weighted by molar-refractivity contribution is 5.95. The van der Waals surface area contributed by atoms with Crippen LogP contribution in [0.5, 0.6) is 0 Å². The molecule has 1 aliphatic heterocycles. The minimum absolute atomic E-state index is 0.0689. The van der Waals surface area contributed by atoms with E-state index < -0.39 is 0 Å². The molecule has 0 spiro atoms. The zero-order valence-corrected chi connectivity index (χ0v) is 14.1. The lowest BCUT2D eigenvalue weighted by atomic mass is 10.0. The minimum atomic E-state index is -0.0689. The molecule has 5 heteroatoms. The molecule has 3 rings (SSSR count). The highest BCUT2D eigenvalue weighted by Gasteiger charge is 2.29. The molecule has 0 aliphatic carbocycles. The molecule has 0 radical (unpaired) electrons. The standard InChI is InChI=1S/C19H23N3O2/c1-13-10-20-7-6-18(13)14-4-3-5-15(8-14)19(24)21-16-9-17(12-23)22(2)11-16/h3-8,10,16-17,23H,9,11-12H2,1-2H3,(H,21,24)/t16-,17+/m1/s1. The van der Waals surface area contributed by atoms with E-state index in [-0.39, 0.29) is 24.6 Å². The number of hydrogen-bond acceptors (Lipinski definition) is 4. The number of likely N-dealkylation sites (tertiary alicyclic amines) is 1. The fraction of sp³-hybridized carbons (Fsp3) is 0.368. The molecule has 2 aromatic rings. The molecule has 24 heavy (non-hydrogen) atoms. The highest BCUT2D eigenvalue weighted by Crippen LogP contribution is 2.23. The smallest absolute Gasteiger partial charge is 0.251 e. The van der Waals surface area contributed by atoms with Crippen LogP contribution in [0.15, 0.2) is 42.7 Å². The molecule has 5 nitrogen and oxygen atoms in total. The number of pyridine rings is 1. The van der Waals surface area contributed by atoms with Gasteiger partial charge in [0.25, 0.3) is 5.91 Å². The number of aryl methyl sites for hydroxylation is 1. The van der Waals surface area contributed by atoms with Gasteiger partial charge in [-0.3, -0.25) is 14.7 Å². The summed E-state index contributed by atoms with van der Waals surface area (Å²) in [6, 6.07) is 9.82. The Morgan fingerprint density at radius 3 is 2.96 bits per heavy atom. The molecule has 0 bridgehead atoms. The van der Waals surface area contributed by atoms with Crippen molar-refractivity contribution >= 4 is 5.91 Å². The molecule has 1 amide bonds. The van der Waals surface area contributed by atoms with Crippen molar-refractivity contribution in [3.63, 3.8) is 0 Å². The van der Waals surface area contributed by atoms with E-state index >= 15 is 0 Å². The van der Waals surface area contributed by atoms with Crippen molar-refractivity contribution < 1.29 is 9.90 Å². The van der Waals surface area contributed by atoms with Gasteiger partial charge < -0.3 is 10.4 Å². The predicted molar refractivity (Wildman–Crippen MR) is 93.8 cm³/mol. The molecule has 1 saturated heterocycles. The number of amides is 1. The summed E-state index contributed by atoms with van der Waals surface area (Å²) in [5.74, 6) is -0.0689. The number of carbonyl (C=O) groups is 1. The SMILES string of the molecule is Cc1cnccc1-c1cccc(C(=O)N[C@@H]2C[C@@H](CO)N(C)C2)c1. The zero-order valence-electron chi connectivity index (χ0n) is 14.1. The number of aliphatic hydroxyl groups is 1. The second-order valence-corrected chi connectivity index (χ2v) is 6.45. The Bertz CT molecular complexity index is 732. The number of hydrogen-bond donors (Lipinski definition) is 2. The first kappa shape index (κ1) is 16.6.